The number of aryl methyl sites for hydroxylation is 2. The maximum atomic E-state index is 13.0. The van der Waals surface area contributed by atoms with Gasteiger partial charge in [-0.25, -0.2) is 0 Å². The van der Waals surface area contributed by atoms with E-state index < -0.39 is 11.7 Å². The molecule has 0 radical (unpaired) electrons. The van der Waals surface area contributed by atoms with E-state index in [0.29, 0.717) is 5.56 Å². The zero-order valence-electron chi connectivity index (χ0n) is 17.5. The zero-order chi connectivity index (χ0) is 21.4. The van der Waals surface area contributed by atoms with E-state index in [0.717, 1.165) is 44.1 Å². The second kappa shape index (κ2) is 8.16. The molecule has 0 saturated carbocycles. The lowest BCUT2D eigenvalue weighted by Gasteiger charge is -2.26. The van der Waals surface area contributed by atoms with Crippen LogP contribution < -0.4 is 0 Å². The summed E-state index contributed by atoms with van der Waals surface area (Å²) in [6.45, 7) is 2.62. The third-order valence-corrected chi connectivity index (χ3v) is 6.69. The van der Waals surface area contributed by atoms with Crippen molar-refractivity contribution in [1.29, 1.82) is 0 Å². The summed E-state index contributed by atoms with van der Waals surface area (Å²) in [5, 5.41) is 2.67. The Bertz CT molecular complexity index is 1140. The average molecular weight is 422 g/mol. The minimum absolute atomic E-state index is 0.574. The van der Waals surface area contributed by atoms with Gasteiger partial charge in [-0.05, 0) is 82.8 Å². The molecule has 0 aromatic heterocycles. The van der Waals surface area contributed by atoms with Crippen molar-refractivity contribution in [3.05, 3.63) is 88.5 Å². The van der Waals surface area contributed by atoms with Gasteiger partial charge in [-0.1, -0.05) is 48.5 Å². The van der Waals surface area contributed by atoms with Crippen LogP contribution in [0.5, 0.6) is 0 Å². The lowest BCUT2D eigenvalue weighted by atomic mass is 9.97. The van der Waals surface area contributed by atoms with Crippen molar-refractivity contribution in [2.75, 3.05) is 19.6 Å². The average Bonchev–Trinajstić information content (AvgIpc) is 3.23. The zero-order valence-corrected chi connectivity index (χ0v) is 17.5. The highest BCUT2D eigenvalue weighted by molar-refractivity contribution is 5.85. The van der Waals surface area contributed by atoms with Crippen molar-refractivity contribution in [2.45, 2.75) is 38.3 Å². The predicted octanol–water partition coefficient (Wildman–Crippen LogP) is 6.68. The molecule has 0 unspecified atom stereocenters. The van der Waals surface area contributed by atoms with Gasteiger partial charge in [-0.15, -0.1) is 0 Å². The summed E-state index contributed by atoms with van der Waals surface area (Å²) in [6, 6.07) is 17.2. The molecular weight excluding hydrogens is 395 g/mol. The van der Waals surface area contributed by atoms with E-state index in [1.165, 1.54) is 58.9 Å². The van der Waals surface area contributed by atoms with Gasteiger partial charge in [0.1, 0.15) is 0 Å². The first kappa shape index (κ1) is 20.3. The van der Waals surface area contributed by atoms with Gasteiger partial charge < -0.3 is 0 Å². The topological polar surface area (TPSA) is 3.24 Å². The Morgan fingerprint density at radius 1 is 0.839 bits per heavy atom. The lowest BCUT2D eigenvalue weighted by Crippen LogP contribution is -2.30. The summed E-state index contributed by atoms with van der Waals surface area (Å²) in [4.78, 5) is 2.38. The van der Waals surface area contributed by atoms with E-state index in [9.17, 15) is 13.2 Å². The van der Waals surface area contributed by atoms with E-state index in [4.69, 9.17) is 0 Å². The molecule has 5 rings (SSSR count). The van der Waals surface area contributed by atoms with Gasteiger partial charge in [0.2, 0.25) is 0 Å². The Morgan fingerprint density at radius 2 is 1.65 bits per heavy atom. The Morgan fingerprint density at radius 3 is 2.39 bits per heavy atom. The standard InChI is InChI=1S/C27H26F3N/c28-27(29,30)26-6-2-5-23(18-26)20-10-13-31(14-11-20)12-9-19-7-8-24-16-21-3-1-4-22(21)17-25(24)15-19/h2,5-8,10,15-18H,1,3-4,9,11-14H2. The normalized spacial score (nSPS) is 17.1. The first-order valence-electron chi connectivity index (χ1n) is 11.1. The number of rotatable bonds is 4. The molecule has 2 aliphatic rings. The number of hydrogen-bond donors (Lipinski definition) is 0. The van der Waals surface area contributed by atoms with Gasteiger partial charge in [-0.2, -0.15) is 13.2 Å². The molecule has 0 fully saturated rings. The molecule has 0 saturated heterocycles. The minimum Gasteiger partial charge on any atom is -0.299 e. The fourth-order valence-electron chi connectivity index (χ4n) is 4.89. The van der Waals surface area contributed by atoms with Crippen molar-refractivity contribution < 1.29 is 13.2 Å². The maximum absolute atomic E-state index is 13.0. The smallest absolute Gasteiger partial charge is 0.299 e. The summed E-state index contributed by atoms with van der Waals surface area (Å²) in [5.41, 5.74) is 5.50. The molecule has 3 aromatic carbocycles. The molecule has 4 heteroatoms. The summed E-state index contributed by atoms with van der Waals surface area (Å²) >= 11 is 0. The molecule has 3 aromatic rings. The predicted molar refractivity (Wildman–Crippen MR) is 120 cm³/mol. The third kappa shape index (κ3) is 4.40. The SMILES string of the molecule is FC(F)(F)c1cccc(C2=CCN(CCc3ccc4cc5c(cc4c3)CCC5)CC2)c1. The van der Waals surface area contributed by atoms with E-state index >= 15 is 0 Å². The van der Waals surface area contributed by atoms with Crippen molar-refractivity contribution in [3.63, 3.8) is 0 Å². The van der Waals surface area contributed by atoms with Crippen molar-refractivity contribution in [1.82, 2.24) is 4.90 Å². The van der Waals surface area contributed by atoms with Gasteiger partial charge in [0, 0.05) is 19.6 Å². The quantitative estimate of drug-likeness (QED) is 0.454. The molecule has 1 aliphatic carbocycles. The van der Waals surface area contributed by atoms with Crippen LogP contribution >= 0.6 is 0 Å². The van der Waals surface area contributed by atoms with Gasteiger partial charge in [0.15, 0.2) is 0 Å². The van der Waals surface area contributed by atoms with Crippen LogP contribution in [-0.4, -0.2) is 24.5 Å². The van der Waals surface area contributed by atoms with Crippen molar-refractivity contribution >= 4 is 16.3 Å². The first-order chi connectivity index (χ1) is 15.0. The van der Waals surface area contributed by atoms with Gasteiger partial charge in [-0.3, -0.25) is 4.90 Å². The molecule has 1 nitrogen and oxygen atoms in total. The Balaban J connectivity index is 1.23. The molecule has 160 valence electrons. The highest BCUT2D eigenvalue weighted by atomic mass is 19.4. The number of hydrogen-bond acceptors (Lipinski definition) is 1. The second-order valence-corrected chi connectivity index (χ2v) is 8.76. The highest BCUT2D eigenvalue weighted by Gasteiger charge is 2.30. The molecule has 0 spiro atoms. The minimum atomic E-state index is -4.29. The van der Waals surface area contributed by atoms with Gasteiger partial charge in [0.25, 0.3) is 0 Å². The van der Waals surface area contributed by atoms with Crippen LogP contribution in [0.4, 0.5) is 13.2 Å². The number of alkyl halides is 3. The number of nitrogens with zero attached hydrogens (tertiary/aromatic N) is 1. The molecule has 0 bridgehead atoms. The van der Waals surface area contributed by atoms with Crippen LogP contribution in [0, 0.1) is 0 Å². The fourth-order valence-corrected chi connectivity index (χ4v) is 4.89. The molecule has 0 N–H and O–H groups in total. The summed E-state index contributed by atoms with van der Waals surface area (Å²) in [6.07, 6.45) is 3.23. The number of halogens is 3. The summed E-state index contributed by atoms with van der Waals surface area (Å²) in [5.74, 6) is 0. The Kier molecular flexibility index (Phi) is 5.35. The van der Waals surface area contributed by atoms with E-state index in [-0.39, 0.29) is 0 Å². The van der Waals surface area contributed by atoms with Crippen molar-refractivity contribution in [3.8, 4) is 0 Å². The van der Waals surface area contributed by atoms with Crippen LogP contribution in [0.2, 0.25) is 0 Å². The molecule has 1 aliphatic heterocycles. The van der Waals surface area contributed by atoms with E-state index in [2.05, 4.69) is 41.3 Å². The summed E-state index contributed by atoms with van der Waals surface area (Å²) in [7, 11) is 0. The highest BCUT2D eigenvalue weighted by Crippen LogP contribution is 2.32. The Labute approximate surface area is 181 Å². The van der Waals surface area contributed by atoms with Crippen molar-refractivity contribution in [2.24, 2.45) is 0 Å². The molecule has 0 amide bonds. The van der Waals surface area contributed by atoms with Crippen LogP contribution in [0.15, 0.2) is 60.7 Å². The first-order valence-corrected chi connectivity index (χ1v) is 11.1. The monoisotopic (exact) mass is 421 g/mol. The molecule has 1 heterocycles. The van der Waals surface area contributed by atoms with Gasteiger partial charge in [0.05, 0.1) is 5.56 Å². The number of benzene rings is 3. The Hall–Kier alpha value is -2.59. The molecule has 0 atom stereocenters. The fraction of sp³-hybridized carbons (Fsp3) is 0.333. The van der Waals surface area contributed by atoms with Gasteiger partial charge >= 0.3 is 6.18 Å². The largest absolute Gasteiger partial charge is 0.416 e. The maximum Gasteiger partial charge on any atom is 0.416 e. The van der Waals surface area contributed by atoms with Crippen LogP contribution in [0.1, 0.15) is 40.7 Å². The number of fused-ring (bicyclic) bond motifs is 2. The van der Waals surface area contributed by atoms with Crippen LogP contribution in [0.3, 0.4) is 0 Å². The second-order valence-electron chi connectivity index (χ2n) is 8.76. The van der Waals surface area contributed by atoms with E-state index in [1.807, 2.05) is 0 Å². The lowest BCUT2D eigenvalue weighted by molar-refractivity contribution is -0.137. The molecule has 31 heavy (non-hydrogen) atoms. The molecular formula is C27H26F3N. The van der Waals surface area contributed by atoms with Crippen LogP contribution in [0.25, 0.3) is 16.3 Å². The summed E-state index contributed by atoms with van der Waals surface area (Å²) < 4.78 is 39.0. The van der Waals surface area contributed by atoms with E-state index in [1.54, 1.807) is 6.07 Å². The third-order valence-electron chi connectivity index (χ3n) is 6.69. The van der Waals surface area contributed by atoms with Crippen LogP contribution in [-0.2, 0) is 25.4 Å².